The minimum atomic E-state index is -0.235. The lowest BCUT2D eigenvalue weighted by molar-refractivity contribution is 0.0725. The average Bonchev–Trinajstić information content (AvgIpc) is 3.05. The van der Waals surface area contributed by atoms with Crippen molar-refractivity contribution in [2.45, 2.75) is 44.2 Å². The van der Waals surface area contributed by atoms with Gasteiger partial charge in [0.1, 0.15) is 0 Å². The first-order valence-corrected chi connectivity index (χ1v) is 7.53. The third-order valence-corrected chi connectivity index (χ3v) is 4.29. The molecule has 1 aliphatic rings. The average molecular weight is 300 g/mol. The van der Waals surface area contributed by atoms with Crippen LogP contribution in [-0.2, 0) is 0 Å². The first-order valence-electron chi connectivity index (χ1n) is 7.53. The molecule has 0 radical (unpaired) electrons. The van der Waals surface area contributed by atoms with E-state index in [4.69, 9.17) is 0 Å². The standard InChI is InChI=1S/C16H20N4O2/c1-16(8-6-14(21)7-9-16)18-15(22)12-2-4-13(5-3-12)20-11-10-17-19-20/h2-5,10-11,14,21H,6-9H2,1H3,(H,18,22). The molecule has 2 N–H and O–H groups in total. The van der Waals surface area contributed by atoms with Crippen molar-refractivity contribution in [3.05, 3.63) is 42.2 Å². The predicted octanol–water partition coefficient (Wildman–Crippen LogP) is 1.69. The van der Waals surface area contributed by atoms with Crippen molar-refractivity contribution in [2.24, 2.45) is 0 Å². The van der Waals surface area contributed by atoms with Gasteiger partial charge in [0.25, 0.3) is 5.91 Å². The lowest BCUT2D eigenvalue weighted by Gasteiger charge is -2.36. The van der Waals surface area contributed by atoms with Crippen LogP contribution < -0.4 is 5.32 Å². The van der Waals surface area contributed by atoms with Crippen LogP contribution in [0.5, 0.6) is 0 Å². The Kier molecular flexibility index (Phi) is 3.94. The normalized spacial score (nSPS) is 24.9. The fourth-order valence-corrected chi connectivity index (χ4v) is 2.82. The molecule has 1 fully saturated rings. The number of benzene rings is 1. The molecule has 0 aliphatic heterocycles. The van der Waals surface area contributed by atoms with Gasteiger partial charge in [0, 0.05) is 11.1 Å². The van der Waals surface area contributed by atoms with Gasteiger partial charge in [-0.3, -0.25) is 4.79 Å². The van der Waals surface area contributed by atoms with Crippen molar-refractivity contribution in [1.82, 2.24) is 20.3 Å². The second-order valence-electron chi connectivity index (χ2n) is 6.14. The molecule has 1 amide bonds. The molecule has 0 spiro atoms. The number of rotatable bonds is 3. The predicted molar refractivity (Wildman–Crippen MR) is 81.7 cm³/mol. The minimum Gasteiger partial charge on any atom is -0.393 e. The molecular weight excluding hydrogens is 280 g/mol. The molecule has 2 aromatic rings. The molecule has 1 aromatic carbocycles. The quantitative estimate of drug-likeness (QED) is 0.904. The molecule has 116 valence electrons. The Morgan fingerprint density at radius 3 is 2.59 bits per heavy atom. The van der Waals surface area contributed by atoms with Gasteiger partial charge in [0.05, 0.1) is 24.2 Å². The molecule has 1 heterocycles. The van der Waals surface area contributed by atoms with E-state index in [0.717, 1.165) is 31.4 Å². The number of aliphatic hydroxyl groups excluding tert-OH is 1. The van der Waals surface area contributed by atoms with Crippen LogP contribution >= 0.6 is 0 Å². The van der Waals surface area contributed by atoms with Crippen LogP contribution in [0.15, 0.2) is 36.7 Å². The van der Waals surface area contributed by atoms with Crippen molar-refractivity contribution < 1.29 is 9.90 Å². The summed E-state index contributed by atoms with van der Waals surface area (Å²) < 4.78 is 1.64. The van der Waals surface area contributed by atoms with E-state index in [1.165, 1.54) is 0 Å². The molecule has 0 unspecified atom stereocenters. The van der Waals surface area contributed by atoms with E-state index in [1.807, 2.05) is 19.1 Å². The summed E-state index contributed by atoms with van der Waals surface area (Å²) in [5.74, 6) is -0.0796. The van der Waals surface area contributed by atoms with E-state index in [-0.39, 0.29) is 17.6 Å². The van der Waals surface area contributed by atoms with E-state index < -0.39 is 0 Å². The number of aliphatic hydroxyl groups is 1. The highest BCUT2D eigenvalue weighted by Gasteiger charge is 2.31. The summed E-state index contributed by atoms with van der Waals surface area (Å²) in [4.78, 5) is 12.4. The van der Waals surface area contributed by atoms with Crippen molar-refractivity contribution in [1.29, 1.82) is 0 Å². The maximum Gasteiger partial charge on any atom is 0.251 e. The Morgan fingerprint density at radius 1 is 1.32 bits per heavy atom. The molecule has 0 atom stereocenters. The van der Waals surface area contributed by atoms with Gasteiger partial charge in [-0.25, -0.2) is 4.68 Å². The largest absolute Gasteiger partial charge is 0.393 e. The van der Waals surface area contributed by atoms with Crippen LogP contribution in [0.2, 0.25) is 0 Å². The van der Waals surface area contributed by atoms with E-state index in [9.17, 15) is 9.90 Å². The third kappa shape index (κ3) is 3.17. The minimum absolute atomic E-state index is 0.0796. The second kappa shape index (κ2) is 5.88. The summed E-state index contributed by atoms with van der Waals surface area (Å²) in [6.07, 6.45) is 6.22. The van der Waals surface area contributed by atoms with E-state index in [0.29, 0.717) is 5.56 Å². The number of hydrogen-bond acceptors (Lipinski definition) is 4. The molecule has 1 aliphatic carbocycles. The Labute approximate surface area is 129 Å². The number of nitrogens with one attached hydrogen (secondary N) is 1. The Hall–Kier alpha value is -2.21. The van der Waals surface area contributed by atoms with Gasteiger partial charge in [-0.2, -0.15) is 0 Å². The monoisotopic (exact) mass is 300 g/mol. The van der Waals surface area contributed by atoms with Gasteiger partial charge >= 0.3 is 0 Å². The highest BCUT2D eigenvalue weighted by Crippen LogP contribution is 2.28. The Bertz CT molecular complexity index is 629. The summed E-state index contributed by atoms with van der Waals surface area (Å²) in [5.41, 5.74) is 1.25. The van der Waals surface area contributed by atoms with Crippen molar-refractivity contribution in [3.63, 3.8) is 0 Å². The highest BCUT2D eigenvalue weighted by molar-refractivity contribution is 5.94. The van der Waals surface area contributed by atoms with E-state index >= 15 is 0 Å². The number of hydrogen-bond donors (Lipinski definition) is 2. The lowest BCUT2D eigenvalue weighted by atomic mass is 9.82. The van der Waals surface area contributed by atoms with E-state index in [1.54, 1.807) is 29.2 Å². The maximum atomic E-state index is 12.4. The number of carbonyl (C=O) groups excluding carboxylic acids is 1. The van der Waals surface area contributed by atoms with Crippen LogP contribution in [0.1, 0.15) is 43.0 Å². The maximum absolute atomic E-state index is 12.4. The van der Waals surface area contributed by atoms with Crippen LogP contribution in [0.3, 0.4) is 0 Å². The van der Waals surface area contributed by atoms with E-state index in [2.05, 4.69) is 15.6 Å². The van der Waals surface area contributed by atoms with Crippen LogP contribution in [-0.4, -0.2) is 37.7 Å². The molecule has 0 saturated heterocycles. The summed E-state index contributed by atoms with van der Waals surface area (Å²) in [6, 6.07) is 7.26. The fourth-order valence-electron chi connectivity index (χ4n) is 2.82. The molecule has 0 bridgehead atoms. The smallest absolute Gasteiger partial charge is 0.251 e. The molecule has 6 nitrogen and oxygen atoms in total. The second-order valence-corrected chi connectivity index (χ2v) is 6.14. The van der Waals surface area contributed by atoms with Crippen LogP contribution in [0, 0.1) is 0 Å². The van der Waals surface area contributed by atoms with Gasteiger partial charge in [-0.05, 0) is 56.9 Å². The van der Waals surface area contributed by atoms with Gasteiger partial charge in [0.2, 0.25) is 0 Å². The van der Waals surface area contributed by atoms with Crippen molar-refractivity contribution in [3.8, 4) is 5.69 Å². The molecule has 1 saturated carbocycles. The van der Waals surface area contributed by atoms with Gasteiger partial charge in [-0.15, -0.1) is 5.10 Å². The summed E-state index contributed by atoms with van der Waals surface area (Å²) in [6.45, 7) is 2.04. The number of nitrogens with zero attached hydrogens (tertiary/aromatic N) is 3. The number of carbonyl (C=O) groups is 1. The Balaban J connectivity index is 1.67. The fraction of sp³-hybridized carbons (Fsp3) is 0.438. The summed E-state index contributed by atoms with van der Waals surface area (Å²) in [5, 5.41) is 20.4. The van der Waals surface area contributed by atoms with Crippen LogP contribution in [0.25, 0.3) is 5.69 Å². The summed E-state index contributed by atoms with van der Waals surface area (Å²) >= 11 is 0. The highest BCUT2D eigenvalue weighted by atomic mass is 16.3. The molecule has 22 heavy (non-hydrogen) atoms. The van der Waals surface area contributed by atoms with Crippen molar-refractivity contribution in [2.75, 3.05) is 0 Å². The van der Waals surface area contributed by atoms with Gasteiger partial charge in [0.15, 0.2) is 0 Å². The van der Waals surface area contributed by atoms with Crippen LogP contribution in [0.4, 0.5) is 0 Å². The zero-order chi connectivity index (χ0) is 15.6. The lowest BCUT2D eigenvalue weighted by Crippen LogP contribution is -2.49. The number of amides is 1. The van der Waals surface area contributed by atoms with Gasteiger partial charge in [-0.1, -0.05) is 5.21 Å². The molecule has 3 rings (SSSR count). The zero-order valence-electron chi connectivity index (χ0n) is 12.6. The molecule has 6 heteroatoms. The van der Waals surface area contributed by atoms with Gasteiger partial charge < -0.3 is 10.4 Å². The van der Waals surface area contributed by atoms with Crippen molar-refractivity contribution >= 4 is 5.91 Å². The summed E-state index contributed by atoms with van der Waals surface area (Å²) in [7, 11) is 0. The molecular formula is C16H20N4O2. The number of aromatic nitrogens is 3. The third-order valence-electron chi connectivity index (χ3n) is 4.29. The topological polar surface area (TPSA) is 80.0 Å². The SMILES string of the molecule is CC1(NC(=O)c2ccc(-n3ccnn3)cc2)CCC(O)CC1. The first-order chi connectivity index (χ1) is 10.6. The molecule has 1 aromatic heterocycles. The first kappa shape index (κ1) is 14.7. The zero-order valence-corrected chi connectivity index (χ0v) is 12.6. The Morgan fingerprint density at radius 2 is 2.00 bits per heavy atom.